The van der Waals surface area contributed by atoms with E-state index in [1.54, 1.807) is 0 Å². The average Bonchev–Trinajstić information content (AvgIpc) is 3.74. The summed E-state index contributed by atoms with van der Waals surface area (Å²) in [6.45, 7) is 9.55. The molecule has 2 aromatic heterocycles. The van der Waals surface area contributed by atoms with E-state index in [2.05, 4.69) is 38.3 Å². The molecule has 0 bridgehead atoms. The molecule has 2 aliphatic rings. The number of anilines is 1. The Morgan fingerprint density at radius 3 is 2.48 bits per heavy atom. The summed E-state index contributed by atoms with van der Waals surface area (Å²) in [6.07, 6.45) is 7.21. The lowest BCUT2D eigenvalue weighted by atomic mass is 10.2. The van der Waals surface area contributed by atoms with Gasteiger partial charge in [0.15, 0.2) is 0 Å². The first-order chi connectivity index (χ1) is 21.1. The van der Waals surface area contributed by atoms with Gasteiger partial charge in [0.1, 0.15) is 5.60 Å². The molecule has 1 amide bonds. The van der Waals surface area contributed by atoms with Gasteiger partial charge in [0.25, 0.3) is 5.91 Å². The maximum Gasteiger partial charge on any atom is 0.435 e. The number of pyridine rings is 1. The number of carbonyl (C=O) groups excluding carboxylic acids is 2. The van der Waals surface area contributed by atoms with Crippen molar-refractivity contribution in [3.8, 4) is 0 Å². The molecule has 3 heterocycles. The number of aromatic nitrogens is 3. The number of benzene rings is 2. The fourth-order valence-corrected chi connectivity index (χ4v) is 6.00. The van der Waals surface area contributed by atoms with Gasteiger partial charge >= 0.3 is 6.09 Å². The molecule has 9 nitrogen and oxygen atoms in total. The van der Waals surface area contributed by atoms with E-state index in [0.29, 0.717) is 16.8 Å². The van der Waals surface area contributed by atoms with Crippen LogP contribution in [0.2, 0.25) is 0 Å². The molecule has 2 aromatic carbocycles. The Morgan fingerprint density at radius 2 is 1.77 bits per heavy atom. The fraction of sp³-hybridized carbons (Fsp3) is 0.353. The Balaban J connectivity index is 1.28. The zero-order valence-corrected chi connectivity index (χ0v) is 26.4. The molecule has 1 saturated heterocycles. The number of likely N-dealkylation sites (N-methyl/N-ethyl adjacent to an activating group) is 1. The van der Waals surface area contributed by atoms with Gasteiger partial charge in [-0.25, -0.2) is 4.79 Å². The molecule has 6 rings (SSSR count). The van der Waals surface area contributed by atoms with E-state index in [-0.39, 0.29) is 11.9 Å². The monoisotopic (exact) mass is 610 g/mol. The van der Waals surface area contributed by atoms with E-state index >= 15 is 0 Å². The molecule has 1 N–H and O–H groups in total. The molecular weight excluding hydrogens is 572 g/mol. The summed E-state index contributed by atoms with van der Waals surface area (Å²) in [6, 6.07) is 17.8. The van der Waals surface area contributed by atoms with Crippen molar-refractivity contribution in [1.82, 2.24) is 25.0 Å². The van der Waals surface area contributed by atoms with Crippen molar-refractivity contribution in [2.24, 2.45) is 0 Å². The minimum Gasteiger partial charge on any atom is -0.442 e. The van der Waals surface area contributed by atoms with Crippen molar-refractivity contribution in [2.75, 3.05) is 38.1 Å². The molecule has 4 aromatic rings. The number of rotatable bonds is 7. The van der Waals surface area contributed by atoms with Crippen LogP contribution in [0.1, 0.15) is 55.4 Å². The van der Waals surface area contributed by atoms with Crippen molar-refractivity contribution in [3.05, 3.63) is 77.7 Å². The molecule has 0 radical (unpaired) electrons. The highest BCUT2D eigenvalue weighted by molar-refractivity contribution is 7.99. The van der Waals surface area contributed by atoms with Crippen LogP contribution in [-0.2, 0) is 4.74 Å². The highest BCUT2D eigenvalue weighted by Gasteiger charge is 2.25. The van der Waals surface area contributed by atoms with E-state index in [1.807, 2.05) is 87.7 Å². The van der Waals surface area contributed by atoms with Crippen molar-refractivity contribution in [3.63, 3.8) is 0 Å². The van der Waals surface area contributed by atoms with Gasteiger partial charge in [0, 0.05) is 47.4 Å². The number of carbonyl (C=O) groups is 2. The van der Waals surface area contributed by atoms with Crippen LogP contribution in [0, 0.1) is 0 Å². The number of nitrogens with zero attached hydrogens (tertiary/aromatic N) is 5. The van der Waals surface area contributed by atoms with Gasteiger partial charge in [-0.3, -0.25) is 9.78 Å². The largest absolute Gasteiger partial charge is 0.442 e. The van der Waals surface area contributed by atoms with E-state index in [0.717, 1.165) is 65.6 Å². The Bertz CT molecular complexity index is 1700. The summed E-state index contributed by atoms with van der Waals surface area (Å²) >= 11 is 1.48. The third-order valence-electron chi connectivity index (χ3n) is 7.57. The van der Waals surface area contributed by atoms with Crippen LogP contribution >= 0.6 is 11.8 Å². The average molecular weight is 611 g/mol. The maximum absolute atomic E-state index is 13.3. The zero-order valence-electron chi connectivity index (χ0n) is 25.6. The Hall–Kier alpha value is -4.15. The Kier molecular flexibility index (Phi) is 8.46. The molecule has 44 heavy (non-hydrogen) atoms. The second-order valence-corrected chi connectivity index (χ2v) is 13.5. The van der Waals surface area contributed by atoms with E-state index in [1.165, 1.54) is 16.4 Å². The lowest BCUT2D eigenvalue weighted by molar-refractivity contribution is 0.0522. The molecule has 228 valence electrons. The predicted octanol–water partition coefficient (Wildman–Crippen LogP) is 6.18. The molecule has 0 spiro atoms. The molecule has 2 fully saturated rings. The zero-order chi connectivity index (χ0) is 30.8. The van der Waals surface area contributed by atoms with E-state index in [9.17, 15) is 9.59 Å². The van der Waals surface area contributed by atoms with Gasteiger partial charge in [-0.1, -0.05) is 23.9 Å². The summed E-state index contributed by atoms with van der Waals surface area (Å²) in [5.74, 6) is -0.0620. The van der Waals surface area contributed by atoms with Gasteiger partial charge in [-0.2, -0.15) is 9.78 Å². The quantitative estimate of drug-likeness (QED) is 0.265. The van der Waals surface area contributed by atoms with Crippen LogP contribution in [0.5, 0.6) is 0 Å². The van der Waals surface area contributed by atoms with E-state index in [4.69, 9.17) is 4.74 Å². The highest BCUT2D eigenvalue weighted by Crippen LogP contribution is 2.34. The number of fused-ring (bicyclic) bond motifs is 1. The third-order valence-corrected chi connectivity index (χ3v) is 8.64. The summed E-state index contributed by atoms with van der Waals surface area (Å²) < 4.78 is 7.01. The van der Waals surface area contributed by atoms with Gasteiger partial charge in [-0.05, 0) is 95.3 Å². The first kappa shape index (κ1) is 29.9. The van der Waals surface area contributed by atoms with Gasteiger partial charge in [0.2, 0.25) is 0 Å². The molecule has 0 atom stereocenters. The standard InChI is InChI=1S/C34H38N6O3S/c1-34(2,3)43-33(42)40-30-21-26(44-31-8-6-5-7-28(31)32(41)36-24-9-10-24)14-15-27(30)29(37-40)16-12-23-11-13-25(22-35-23)39-19-17-38(4)18-20-39/h5-8,11-16,21-22,24H,9-10,17-20H2,1-4H3,(H,36,41)/b16-12+. The Morgan fingerprint density at radius 1 is 1.00 bits per heavy atom. The lowest BCUT2D eigenvalue weighted by Gasteiger charge is -2.33. The number of piperazine rings is 1. The van der Waals surface area contributed by atoms with Crippen LogP contribution in [0.3, 0.4) is 0 Å². The normalized spacial score (nSPS) is 16.0. The second-order valence-electron chi connectivity index (χ2n) is 12.4. The predicted molar refractivity (Wildman–Crippen MR) is 175 cm³/mol. The van der Waals surface area contributed by atoms with Crippen LogP contribution in [0.25, 0.3) is 23.1 Å². The first-order valence-corrected chi connectivity index (χ1v) is 15.9. The molecular formula is C34H38N6O3S. The van der Waals surface area contributed by atoms with Crippen molar-refractivity contribution < 1.29 is 14.3 Å². The summed E-state index contributed by atoms with van der Waals surface area (Å²) in [5, 5.41) is 8.55. The third kappa shape index (κ3) is 7.14. The maximum atomic E-state index is 13.3. The summed E-state index contributed by atoms with van der Waals surface area (Å²) in [5.41, 5.74) is 3.14. The van der Waals surface area contributed by atoms with Crippen LogP contribution in [0.4, 0.5) is 10.5 Å². The fourth-order valence-electron chi connectivity index (χ4n) is 5.02. The van der Waals surface area contributed by atoms with Crippen LogP contribution in [0.15, 0.2) is 70.6 Å². The highest BCUT2D eigenvalue weighted by atomic mass is 32.2. The number of hydrogen-bond donors (Lipinski definition) is 1. The topological polar surface area (TPSA) is 92.6 Å². The molecule has 1 aliphatic carbocycles. The SMILES string of the molecule is CN1CCN(c2ccc(/C=C/c3nn(C(=O)OC(C)(C)C)c4cc(Sc5ccccc5C(=O)NC5CC5)ccc34)nc2)CC1. The van der Waals surface area contributed by atoms with Crippen molar-refractivity contribution in [1.29, 1.82) is 0 Å². The first-order valence-electron chi connectivity index (χ1n) is 15.0. The second kappa shape index (κ2) is 12.5. The smallest absolute Gasteiger partial charge is 0.435 e. The number of ether oxygens (including phenoxy) is 1. The molecule has 10 heteroatoms. The Labute approximate surface area is 262 Å². The van der Waals surface area contributed by atoms with Crippen molar-refractivity contribution in [2.45, 2.75) is 55.0 Å². The minimum absolute atomic E-state index is 0.0620. The molecule has 1 saturated carbocycles. The number of nitrogens with one attached hydrogen (secondary N) is 1. The van der Waals surface area contributed by atoms with Gasteiger partial charge < -0.3 is 19.9 Å². The van der Waals surface area contributed by atoms with Gasteiger partial charge in [0.05, 0.1) is 34.4 Å². The minimum atomic E-state index is -0.680. The molecule has 0 unspecified atom stereocenters. The summed E-state index contributed by atoms with van der Waals surface area (Å²) in [7, 11) is 2.15. The van der Waals surface area contributed by atoms with Crippen LogP contribution < -0.4 is 10.2 Å². The number of hydrogen-bond acceptors (Lipinski definition) is 8. The van der Waals surface area contributed by atoms with E-state index < -0.39 is 11.7 Å². The lowest BCUT2D eigenvalue weighted by Crippen LogP contribution is -2.44. The number of amides is 1. The molecule has 1 aliphatic heterocycles. The van der Waals surface area contributed by atoms with Crippen molar-refractivity contribution >= 4 is 52.5 Å². The summed E-state index contributed by atoms with van der Waals surface area (Å²) in [4.78, 5) is 37.2. The van der Waals surface area contributed by atoms with Gasteiger partial charge in [-0.15, -0.1) is 0 Å². The van der Waals surface area contributed by atoms with Crippen LogP contribution in [-0.4, -0.2) is 76.5 Å².